The van der Waals surface area contributed by atoms with Gasteiger partial charge >= 0.3 is 0 Å². The maximum atomic E-state index is 9.28. The second kappa shape index (κ2) is 5.43. The molecule has 1 aliphatic heterocycles. The van der Waals surface area contributed by atoms with Gasteiger partial charge in [-0.15, -0.1) is 0 Å². The van der Waals surface area contributed by atoms with E-state index in [0.717, 1.165) is 26.2 Å². The van der Waals surface area contributed by atoms with Crippen LogP contribution < -0.4 is 0 Å². The number of aliphatic hydroxyl groups excluding tert-OH is 1. The molecule has 1 atom stereocenters. The molecule has 2 rings (SSSR count). The molecule has 0 unspecified atom stereocenters. The molecule has 1 aliphatic rings. The summed E-state index contributed by atoms with van der Waals surface area (Å²) in [7, 11) is 2.08. The van der Waals surface area contributed by atoms with Crippen LogP contribution in [0.25, 0.3) is 0 Å². The molecule has 1 heterocycles. The number of rotatable bonds is 3. The maximum Gasteiger partial charge on any atom is 0.0599 e. The van der Waals surface area contributed by atoms with Gasteiger partial charge in [0, 0.05) is 32.2 Å². The zero-order chi connectivity index (χ0) is 11.4. The van der Waals surface area contributed by atoms with E-state index in [1.165, 1.54) is 5.56 Å². The van der Waals surface area contributed by atoms with Crippen molar-refractivity contribution in [3.63, 3.8) is 0 Å². The molecule has 1 aromatic carbocycles. The monoisotopic (exact) mass is 220 g/mol. The Balaban J connectivity index is 1.92. The van der Waals surface area contributed by atoms with E-state index in [1.807, 2.05) is 6.07 Å². The van der Waals surface area contributed by atoms with Gasteiger partial charge in [-0.05, 0) is 12.6 Å². The molecular formula is C13H20N2O. The van der Waals surface area contributed by atoms with Crippen molar-refractivity contribution in [3.8, 4) is 0 Å². The third-order valence-corrected chi connectivity index (χ3v) is 3.32. The van der Waals surface area contributed by atoms with Crippen LogP contribution in [0.15, 0.2) is 30.3 Å². The SMILES string of the molecule is CN1CCN(Cc2ccccc2)C[C@H]1CO. The fourth-order valence-electron chi connectivity index (χ4n) is 2.19. The number of aliphatic hydroxyl groups is 1. The van der Waals surface area contributed by atoms with Crippen molar-refractivity contribution in [2.24, 2.45) is 0 Å². The first-order chi connectivity index (χ1) is 7.79. The van der Waals surface area contributed by atoms with Gasteiger partial charge in [0.15, 0.2) is 0 Å². The Labute approximate surface area is 97.3 Å². The predicted octanol–water partition coefficient (Wildman–Crippen LogP) is 0.795. The fourth-order valence-corrected chi connectivity index (χ4v) is 2.19. The van der Waals surface area contributed by atoms with Crippen molar-refractivity contribution in [3.05, 3.63) is 35.9 Å². The lowest BCUT2D eigenvalue weighted by molar-refractivity contribution is 0.0540. The zero-order valence-corrected chi connectivity index (χ0v) is 9.84. The molecule has 1 N–H and O–H groups in total. The standard InChI is InChI=1S/C13H20N2O/c1-14-7-8-15(10-13(14)11-16)9-12-5-3-2-4-6-12/h2-6,13,16H,7-11H2,1H3/t13-/m0/s1. The molecule has 1 aromatic rings. The highest BCUT2D eigenvalue weighted by atomic mass is 16.3. The van der Waals surface area contributed by atoms with Crippen molar-refractivity contribution in [2.45, 2.75) is 12.6 Å². The van der Waals surface area contributed by atoms with Crippen LogP contribution in [0.3, 0.4) is 0 Å². The number of nitrogens with zero attached hydrogens (tertiary/aromatic N) is 2. The first-order valence-electron chi connectivity index (χ1n) is 5.87. The average molecular weight is 220 g/mol. The van der Waals surface area contributed by atoms with Crippen molar-refractivity contribution in [2.75, 3.05) is 33.3 Å². The first-order valence-corrected chi connectivity index (χ1v) is 5.87. The summed E-state index contributed by atoms with van der Waals surface area (Å²) in [6.45, 7) is 4.33. The number of piperazine rings is 1. The van der Waals surface area contributed by atoms with Gasteiger partial charge < -0.3 is 5.11 Å². The van der Waals surface area contributed by atoms with E-state index in [4.69, 9.17) is 0 Å². The first kappa shape index (κ1) is 11.6. The average Bonchev–Trinajstić information content (AvgIpc) is 2.33. The Morgan fingerprint density at radius 1 is 1.25 bits per heavy atom. The molecule has 0 spiro atoms. The van der Waals surface area contributed by atoms with Gasteiger partial charge in [0.25, 0.3) is 0 Å². The fraction of sp³-hybridized carbons (Fsp3) is 0.538. The molecule has 0 bridgehead atoms. The van der Waals surface area contributed by atoms with E-state index in [-0.39, 0.29) is 12.6 Å². The van der Waals surface area contributed by atoms with Gasteiger partial charge in [-0.2, -0.15) is 0 Å². The minimum atomic E-state index is 0.252. The van der Waals surface area contributed by atoms with Crippen LogP contribution in [0.2, 0.25) is 0 Å². The lowest BCUT2D eigenvalue weighted by atomic mass is 10.1. The van der Waals surface area contributed by atoms with Crippen LogP contribution in [-0.4, -0.2) is 54.2 Å². The summed E-state index contributed by atoms with van der Waals surface area (Å²) in [5.41, 5.74) is 1.35. The number of hydrogen-bond donors (Lipinski definition) is 1. The Morgan fingerprint density at radius 2 is 2.00 bits per heavy atom. The van der Waals surface area contributed by atoms with Gasteiger partial charge in [-0.25, -0.2) is 0 Å². The lowest BCUT2D eigenvalue weighted by Gasteiger charge is -2.38. The van der Waals surface area contributed by atoms with E-state index < -0.39 is 0 Å². The van der Waals surface area contributed by atoms with Gasteiger partial charge in [0.05, 0.1) is 6.61 Å². The summed E-state index contributed by atoms with van der Waals surface area (Å²) in [4.78, 5) is 4.65. The summed E-state index contributed by atoms with van der Waals surface area (Å²) in [6, 6.07) is 10.8. The maximum absolute atomic E-state index is 9.28. The van der Waals surface area contributed by atoms with E-state index in [0.29, 0.717) is 0 Å². The third-order valence-electron chi connectivity index (χ3n) is 3.32. The second-order valence-electron chi connectivity index (χ2n) is 4.54. The minimum Gasteiger partial charge on any atom is -0.395 e. The summed E-state index contributed by atoms with van der Waals surface area (Å²) in [6.07, 6.45) is 0. The molecule has 88 valence electrons. The molecule has 3 nitrogen and oxygen atoms in total. The van der Waals surface area contributed by atoms with E-state index in [1.54, 1.807) is 0 Å². The smallest absolute Gasteiger partial charge is 0.0599 e. The Morgan fingerprint density at radius 3 is 2.69 bits per heavy atom. The minimum absolute atomic E-state index is 0.252. The molecule has 0 aromatic heterocycles. The molecular weight excluding hydrogens is 200 g/mol. The molecule has 0 aliphatic carbocycles. The summed E-state index contributed by atoms with van der Waals surface area (Å²) < 4.78 is 0. The molecule has 0 radical (unpaired) electrons. The largest absolute Gasteiger partial charge is 0.395 e. The van der Waals surface area contributed by atoms with Crippen LogP contribution in [0, 0.1) is 0 Å². The normalized spacial score (nSPS) is 23.5. The van der Waals surface area contributed by atoms with Gasteiger partial charge in [-0.3, -0.25) is 9.80 Å². The predicted molar refractivity (Wildman–Crippen MR) is 65.2 cm³/mol. The molecule has 1 saturated heterocycles. The number of hydrogen-bond acceptors (Lipinski definition) is 3. The number of benzene rings is 1. The summed E-state index contributed by atoms with van der Waals surface area (Å²) in [5.74, 6) is 0. The van der Waals surface area contributed by atoms with Gasteiger partial charge in [0.1, 0.15) is 0 Å². The van der Waals surface area contributed by atoms with E-state index in [9.17, 15) is 5.11 Å². The Bertz CT molecular complexity index is 315. The van der Waals surface area contributed by atoms with Crippen molar-refractivity contribution >= 4 is 0 Å². The highest BCUT2D eigenvalue weighted by Crippen LogP contribution is 2.11. The Hall–Kier alpha value is -0.900. The highest BCUT2D eigenvalue weighted by molar-refractivity contribution is 5.14. The van der Waals surface area contributed by atoms with Gasteiger partial charge in [-0.1, -0.05) is 30.3 Å². The molecule has 16 heavy (non-hydrogen) atoms. The third kappa shape index (κ3) is 2.82. The van der Waals surface area contributed by atoms with E-state index >= 15 is 0 Å². The lowest BCUT2D eigenvalue weighted by Crippen LogP contribution is -2.52. The quantitative estimate of drug-likeness (QED) is 0.816. The van der Waals surface area contributed by atoms with Crippen molar-refractivity contribution < 1.29 is 5.11 Å². The second-order valence-corrected chi connectivity index (χ2v) is 4.54. The molecule has 1 fully saturated rings. The Kier molecular flexibility index (Phi) is 3.93. The van der Waals surface area contributed by atoms with E-state index in [2.05, 4.69) is 41.1 Å². The topological polar surface area (TPSA) is 26.7 Å². The van der Waals surface area contributed by atoms with Crippen molar-refractivity contribution in [1.29, 1.82) is 0 Å². The van der Waals surface area contributed by atoms with Crippen LogP contribution in [-0.2, 0) is 6.54 Å². The van der Waals surface area contributed by atoms with Crippen LogP contribution >= 0.6 is 0 Å². The van der Waals surface area contributed by atoms with Crippen molar-refractivity contribution in [1.82, 2.24) is 9.80 Å². The molecule has 0 amide bonds. The number of likely N-dealkylation sites (N-methyl/N-ethyl adjacent to an activating group) is 1. The highest BCUT2D eigenvalue weighted by Gasteiger charge is 2.23. The van der Waals surface area contributed by atoms with Crippen LogP contribution in [0.5, 0.6) is 0 Å². The zero-order valence-electron chi connectivity index (χ0n) is 9.84. The molecule has 3 heteroatoms. The summed E-state index contributed by atoms with van der Waals surface area (Å²) in [5, 5.41) is 9.28. The molecule has 0 saturated carbocycles. The van der Waals surface area contributed by atoms with Crippen LogP contribution in [0.1, 0.15) is 5.56 Å². The van der Waals surface area contributed by atoms with Crippen LogP contribution in [0.4, 0.5) is 0 Å². The van der Waals surface area contributed by atoms with Gasteiger partial charge in [0.2, 0.25) is 0 Å². The summed E-state index contributed by atoms with van der Waals surface area (Å²) >= 11 is 0.